The second-order valence-corrected chi connectivity index (χ2v) is 19.0. The van der Waals surface area contributed by atoms with Crippen molar-refractivity contribution in [2.45, 2.75) is 71.6 Å². The summed E-state index contributed by atoms with van der Waals surface area (Å²) in [5.74, 6) is -0.664. The fraction of sp³-hybridized carbons (Fsp3) is 0.410. The zero-order valence-electron chi connectivity index (χ0n) is 29.9. The highest BCUT2D eigenvalue weighted by Crippen LogP contribution is 2.37. The van der Waals surface area contributed by atoms with E-state index in [1.165, 1.54) is 19.2 Å². The van der Waals surface area contributed by atoms with E-state index in [1.807, 2.05) is 64.1 Å². The van der Waals surface area contributed by atoms with Crippen LogP contribution in [0.2, 0.25) is 5.04 Å². The van der Waals surface area contributed by atoms with E-state index in [1.54, 1.807) is 15.9 Å². The largest absolute Gasteiger partial charge is 0.481 e. The van der Waals surface area contributed by atoms with Crippen LogP contribution in [-0.2, 0) is 9.16 Å². The first-order valence-electron chi connectivity index (χ1n) is 16.8. The minimum absolute atomic E-state index is 0.0745. The number of amides is 2. The molecule has 10 heteroatoms. The molecule has 1 aliphatic rings. The summed E-state index contributed by atoms with van der Waals surface area (Å²) in [6.07, 6.45) is -0.0169. The number of aryl methyl sites for hydroxylation is 1. The summed E-state index contributed by atoms with van der Waals surface area (Å²) in [5.41, 5.74) is 0.486. The molecular formula is C39H48FN3O5Si. The molecule has 1 atom stereocenters. The molecule has 260 valence electrons. The third kappa shape index (κ3) is 7.65. The van der Waals surface area contributed by atoms with Crippen molar-refractivity contribution in [3.05, 3.63) is 95.8 Å². The van der Waals surface area contributed by atoms with E-state index in [-0.39, 0.29) is 30.2 Å². The van der Waals surface area contributed by atoms with E-state index in [2.05, 4.69) is 50.0 Å². The maximum Gasteiger partial charge on any atom is 0.410 e. The number of rotatable bonds is 8. The Morgan fingerprint density at radius 3 is 2.08 bits per heavy atom. The van der Waals surface area contributed by atoms with E-state index in [9.17, 15) is 9.59 Å². The Kier molecular flexibility index (Phi) is 10.5. The van der Waals surface area contributed by atoms with Gasteiger partial charge in [-0.25, -0.2) is 14.2 Å². The number of carbonyl (C=O) groups is 2. The standard InChI is InChI=1S/C39H48FN3O5Si/c1-27-23-28-24-33(40)32(25-34(28)41-35(27)46-8)36(44)43-21-20-42(37(45)48-38(2,3)4)26-29(43)19-22-47-49(39(5,6)7,30-15-11-9-12-16-30)31-17-13-10-14-18-31/h9-18,23-25,29H,19-22,26H2,1-8H3/t29-/m0/s1. The topological polar surface area (TPSA) is 81.2 Å². The molecule has 8 nitrogen and oxygen atoms in total. The fourth-order valence-electron chi connectivity index (χ4n) is 6.78. The second-order valence-electron chi connectivity index (χ2n) is 14.7. The molecule has 0 aliphatic carbocycles. The molecule has 5 rings (SSSR count). The van der Waals surface area contributed by atoms with Crippen LogP contribution in [0.1, 0.15) is 63.9 Å². The van der Waals surface area contributed by atoms with Gasteiger partial charge in [0.15, 0.2) is 0 Å². The normalized spacial score (nSPS) is 15.7. The van der Waals surface area contributed by atoms with E-state index in [4.69, 9.17) is 13.9 Å². The molecule has 0 N–H and O–H groups in total. The zero-order chi connectivity index (χ0) is 35.6. The highest BCUT2D eigenvalue weighted by Gasteiger charge is 2.50. The lowest BCUT2D eigenvalue weighted by Crippen LogP contribution is -2.67. The minimum Gasteiger partial charge on any atom is -0.481 e. The molecule has 0 bridgehead atoms. The lowest BCUT2D eigenvalue weighted by Gasteiger charge is -2.45. The highest BCUT2D eigenvalue weighted by atomic mass is 28.4. The quantitative estimate of drug-likeness (QED) is 0.192. The van der Waals surface area contributed by atoms with Gasteiger partial charge < -0.3 is 23.7 Å². The van der Waals surface area contributed by atoms with Crippen molar-refractivity contribution in [3.8, 4) is 5.88 Å². The van der Waals surface area contributed by atoms with Crippen molar-refractivity contribution >= 4 is 41.6 Å². The van der Waals surface area contributed by atoms with Crippen LogP contribution in [0, 0.1) is 12.7 Å². The average molecular weight is 686 g/mol. The number of nitrogens with zero attached hydrogens (tertiary/aromatic N) is 3. The lowest BCUT2D eigenvalue weighted by atomic mass is 10.0. The summed E-state index contributed by atoms with van der Waals surface area (Å²) in [4.78, 5) is 35.3. The molecule has 0 unspecified atom stereocenters. The van der Waals surface area contributed by atoms with Gasteiger partial charge in [0.05, 0.1) is 24.2 Å². The van der Waals surface area contributed by atoms with Crippen LogP contribution in [0.5, 0.6) is 5.88 Å². The van der Waals surface area contributed by atoms with Gasteiger partial charge in [0.1, 0.15) is 11.4 Å². The van der Waals surface area contributed by atoms with E-state index in [0.29, 0.717) is 29.8 Å². The number of piperazine rings is 1. The van der Waals surface area contributed by atoms with Crippen LogP contribution in [0.3, 0.4) is 0 Å². The van der Waals surface area contributed by atoms with Gasteiger partial charge in [-0.15, -0.1) is 0 Å². The number of ether oxygens (including phenoxy) is 2. The Hall–Kier alpha value is -4.28. The van der Waals surface area contributed by atoms with Gasteiger partial charge in [0.25, 0.3) is 14.2 Å². The average Bonchev–Trinajstić information content (AvgIpc) is 3.05. The van der Waals surface area contributed by atoms with Crippen molar-refractivity contribution < 1.29 is 27.9 Å². The van der Waals surface area contributed by atoms with Gasteiger partial charge in [0.2, 0.25) is 5.88 Å². The van der Waals surface area contributed by atoms with Crippen LogP contribution in [0.25, 0.3) is 10.9 Å². The van der Waals surface area contributed by atoms with Crippen LogP contribution >= 0.6 is 0 Å². The molecule has 0 spiro atoms. The number of benzene rings is 3. The number of hydrogen-bond acceptors (Lipinski definition) is 6. The predicted octanol–water partition coefficient (Wildman–Crippen LogP) is 6.72. The fourth-order valence-corrected chi connectivity index (χ4v) is 11.4. The number of fused-ring (bicyclic) bond motifs is 1. The summed E-state index contributed by atoms with van der Waals surface area (Å²) in [6.45, 7) is 15.0. The third-order valence-corrected chi connectivity index (χ3v) is 14.1. The first-order chi connectivity index (χ1) is 23.1. The molecule has 1 aromatic heterocycles. The van der Waals surface area contributed by atoms with Gasteiger partial charge in [-0.2, -0.15) is 0 Å². The number of pyridine rings is 1. The number of hydrogen-bond donors (Lipinski definition) is 0. The van der Waals surface area contributed by atoms with Crippen LogP contribution in [0.15, 0.2) is 78.9 Å². The van der Waals surface area contributed by atoms with E-state index in [0.717, 1.165) is 15.9 Å². The third-order valence-electron chi connectivity index (χ3n) is 9.05. The first kappa shape index (κ1) is 36.0. The molecular weight excluding hydrogens is 638 g/mol. The number of halogens is 1. The maximum atomic E-state index is 15.7. The summed E-state index contributed by atoms with van der Waals surface area (Å²) < 4.78 is 33.9. The Balaban J connectivity index is 1.49. The Morgan fingerprint density at radius 2 is 1.53 bits per heavy atom. The molecule has 4 aromatic rings. The summed E-state index contributed by atoms with van der Waals surface area (Å²) in [7, 11) is -1.33. The van der Waals surface area contributed by atoms with Crippen molar-refractivity contribution in [1.29, 1.82) is 0 Å². The smallest absolute Gasteiger partial charge is 0.410 e. The molecule has 49 heavy (non-hydrogen) atoms. The van der Waals surface area contributed by atoms with Gasteiger partial charge in [0, 0.05) is 37.2 Å². The molecule has 1 fully saturated rings. The minimum atomic E-state index is -2.86. The Bertz CT molecular complexity index is 1750. The van der Waals surface area contributed by atoms with Crippen molar-refractivity contribution in [2.24, 2.45) is 0 Å². The predicted molar refractivity (Wildman–Crippen MR) is 194 cm³/mol. The summed E-state index contributed by atoms with van der Waals surface area (Å²) in [6, 6.07) is 24.9. The number of carbonyl (C=O) groups excluding carboxylic acids is 2. The Morgan fingerprint density at radius 1 is 0.918 bits per heavy atom. The van der Waals surface area contributed by atoms with Gasteiger partial charge in [-0.05, 0) is 67.7 Å². The first-order valence-corrected chi connectivity index (χ1v) is 18.7. The van der Waals surface area contributed by atoms with Crippen LogP contribution in [0.4, 0.5) is 9.18 Å². The monoisotopic (exact) mass is 685 g/mol. The number of aromatic nitrogens is 1. The highest BCUT2D eigenvalue weighted by molar-refractivity contribution is 6.99. The molecule has 2 heterocycles. The molecule has 2 amide bonds. The summed E-state index contributed by atoms with van der Waals surface area (Å²) in [5, 5.41) is 2.65. The summed E-state index contributed by atoms with van der Waals surface area (Å²) >= 11 is 0. The van der Waals surface area contributed by atoms with Gasteiger partial charge >= 0.3 is 6.09 Å². The zero-order valence-corrected chi connectivity index (χ0v) is 30.9. The van der Waals surface area contributed by atoms with Crippen molar-refractivity contribution in [3.63, 3.8) is 0 Å². The van der Waals surface area contributed by atoms with Gasteiger partial charge in [-0.3, -0.25) is 4.79 Å². The molecule has 1 saturated heterocycles. The van der Waals surface area contributed by atoms with E-state index < -0.39 is 37.8 Å². The maximum absolute atomic E-state index is 15.7. The second kappa shape index (κ2) is 14.3. The van der Waals surface area contributed by atoms with Crippen LogP contribution in [-0.4, -0.2) is 80.1 Å². The lowest BCUT2D eigenvalue weighted by molar-refractivity contribution is 0.00192. The molecule has 1 aliphatic heterocycles. The Labute approximate surface area is 290 Å². The van der Waals surface area contributed by atoms with E-state index >= 15 is 4.39 Å². The van der Waals surface area contributed by atoms with Crippen molar-refractivity contribution in [2.75, 3.05) is 33.4 Å². The van der Waals surface area contributed by atoms with Crippen molar-refractivity contribution in [1.82, 2.24) is 14.8 Å². The molecule has 3 aromatic carbocycles. The van der Waals surface area contributed by atoms with Gasteiger partial charge in [-0.1, -0.05) is 81.4 Å². The van der Waals surface area contributed by atoms with Crippen LogP contribution < -0.4 is 15.1 Å². The molecule has 0 radical (unpaired) electrons. The SMILES string of the molecule is COc1nc2cc(C(=O)N3CCN(C(=O)OC(C)(C)C)C[C@@H]3CCO[Si](c3ccccc3)(c3ccccc3)C(C)(C)C)c(F)cc2cc1C. The molecule has 0 saturated carbocycles. The number of methoxy groups -OCH3 is 1.